The van der Waals surface area contributed by atoms with Gasteiger partial charge in [-0.3, -0.25) is 25.0 Å². The molecule has 2 fully saturated rings. The minimum Gasteiger partial charge on any atom is -0.491 e. The van der Waals surface area contributed by atoms with Gasteiger partial charge in [-0.2, -0.15) is 5.10 Å². The molecule has 7 heterocycles. The maximum Gasteiger partial charge on any atom is 0.159 e. The summed E-state index contributed by atoms with van der Waals surface area (Å²) in [5.41, 5.74) is 6.16. The standard InChI is InChI=1S/C28H32N10O/c1-36-6-8-38(9-7-36)25-18-30-16-24-27(25)33-28(32-24)26-21-13-22(31-17-23(21)34-35-26)19-12-20(15-29-14-19)39-11-10-37-4-2-3-5-37/h12-18H,2-11H2,1H3,(H,32,33)(H,34,35). The highest BCUT2D eigenvalue weighted by atomic mass is 16.5. The molecule has 0 aliphatic carbocycles. The Morgan fingerprint density at radius 1 is 0.897 bits per heavy atom. The lowest BCUT2D eigenvalue weighted by Gasteiger charge is -2.33. The van der Waals surface area contributed by atoms with Crippen LogP contribution in [0.3, 0.4) is 0 Å². The van der Waals surface area contributed by atoms with Gasteiger partial charge in [-0.25, -0.2) is 4.98 Å². The van der Waals surface area contributed by atoms with Crippen molar-refractivity contribution >= 4 is 27.6 Å². The third-order valence-corrected chi connectivity index (χ3v) is 7.77. The van der Waals surface area contributed by atoms with Crippen molar-refractivity contribution < 1.29 is 4.74 Å². The van der Waals surface area contributed by atoms with E-state index in [1.165, 1.54) is 12.8 Å². The molecular formula is C28H32N10O. The van der Waals surface area contributed by atoms with Crippen molar-refractivity contribution in [3.05, 3.63) is 43.1 Å². The Morgan fingerprint density at radius 3 is 2.62 bits per heavy atom. The summed E-state index contributed by atoms with van der Waals surface area (Å²) in [5.74, 6) is 1.45. The van der Waals surface area contributed by atoms with Gasteiger partial charge < -0.3 is 19.5 Å². The molecule has 2 N–H and O–H groups in total. The van der Waals surface area contributed by atoms with Crippen LogP contribution in [0.15, 0.2) is 43.1 Å². The van der Waals surface area contributed by atoms with Crippen LogP contribution in [-0.4, -0.2) is 104 Å². The fourth-order valence-corrected chi connectivity index (χ4v) is 5.50. The number of likely N-dealkylation sites (N-methyl/N-ethyl adjacent to an activating group) is 1. The number of aromatic nitrogens is 7. The molecule has 0 aromatic carbocycles. The van der Waals surface area contributed by atoms with Crippen molar-refractivity contribution in [3.63, 3.8) is 0 Å². The van der Waals surface area contributed by atoms with Crippen molar-refractivity contribution in [2.75, 3.05) is 64.4 Å². The molecule has 2 saturated heterocycles. The molecule has 0 saturated carbocycles. The average molecular weight is 525 g/mol. The molecule has 200 valence electrons. The zero-order valence-electron chi connectivity index (χ0n) is 22.1. The Kier molecular flexibility index (Phi) is 6.29. The number of anilines is 1. The quantitative estimate of drug-likeness (QED) is 0.331. The summed E-state index contributed by atoms with van der Waals surface area (Å²) < 4.78 is 6.02. The molecule has 5 aromatic rings. The SMILES string of the molecule is CN1CCN(c2cncc3[nH]c(-c4n[nH]c5cnc(-c6cncc(OCCN7CCCC7)c6)cc45)nc23)CC1. The van der Waals surface area contributed by atoms with Gasteiger partial charge in [0.15, 0.2) is 5.82 Å². The summed E-state index contributed by atoms with van der Waals surface area (Å²) in [6, 6.07) is 4.03. The number of ether oxygens (including phenoxy) is 1. The molecule has 0 unspecified atom stereocenters. The number of nitrogens with one attached hydrogen (secondary N) is 2. The number of hydrogen-bond acceptors (Lipinski definition) is 9. The second-order valence-corrected chi connectivity index (χ2v) is 10.4. The molecule has 5 aromatic heterocycles. The molecule has 0 atom stereocenters. The first-order valence-electron chi connectivity index (χ1n) is 13.6. The molecule has 39 heavy (non-hydrogen) atoms. The van der Waals surface area contributed by atoms with E-state index in [-0.39, 0.29) is 0 Å². The van der Waals surface area contributed by atoms with Crippen molar-refractivity contribution in [1.82, 2.24) is 44.9 Å². The number of likely N-dealkylation sites (tertiary alicyclic amines) is 1. The van der Waals surface area contributed by atoms with E-state index in [4.69, 9.17) is 9.72 Å². The molecule has 2 aliphatic rings. The summed E-state index contributed by atoms with van der Waals surface area (Å²) in [5, 5.41) is 8.65. The van der Waals surface area contributed by atoms with E-state index in [2.05, 4.69) is 51.9 Å². The lowest BCUT2D eigenvalue weighted by Crippen LogP contribution is -2.44. The number of fused-ring (bicyclic) bond motifs is 2. The van der Waals surface area contributed by atoms with Gasteiger partial charge in [-0.1, -0.05) is 0 Å². The van der Waals surface area contributed by atoms with Gasteiger partial charge in [-0.05, 0) is 45.1 Å². The third-order valence-electron chi connectivity index (χ3n) is 7.77. The largest absolute Gasteiger partial charge is 0.491 e. The summed E-state index contributed by atoms with van der Waals surface area (Å²) in [4.78, 5) is 29.1. The lowest BCUT2D eigenvalue weighted by molar-refractivity contribution is 0.237. The molecule has 0 spiro atoms. The highest BCUT2D eigenvalue weighted by molar-refractivity contribution is 5.96. The van der Waals surface area contributed by atoms with Crippen LogP contribution in [0.5, 0.6) is 5.75 Å². The van der Waals surface area contributed by atoms with Gasteiger partial charge >= 0.3 is 0 Å². The van der Waals surface area contributed by atoms with Gasteiger partial charge in [0.1, 0.15) is 23.6 Å². The van der Waals surface area contributed by atoms with Crippen LogP contribution < -0.4 is 9.64 Å². The van der Waals surface area contributed by atoms with Crippen LogP contribution in [0, 0.1) is 0 Å². The maximum absolute atomic E-state index is 6.02. The zero-order chi connectivity index (χ0) is 26.2. The zero-order valence-corrected chi connectivity index (χ0v) is 22.1. The van der Waals surface area contributed by atoms with Gasteiger partial charge in [0.2, 0.25) is 0 Å². The van der Waals surface area contributed by atoms with E-state index >= 15 is 0 Å². The van der Waals surface area contributed by atoms with E-state index in [0.717, 1.165) is 96.1 Å². The van der Waals surface area contributed by atoms with E-state index in [9.17, 15) is 0 Å². The smallest absolute Gasteiger partial charge is 0.159 e. The second-order valence-electron chi connectivity index (χ2n) is 10.4. The Labute approximate surface area is 226 Å². The fourth-order valence-electron chi connectivity index (χ4n) is 5.50. The van der Waals surface area contributed by atoms with E-state index < -0.39 is 0 Å². The van der Waals surface area contributed by atoms with Crippen LogP contribution in [0.25, 0.3) is 44.7 Å². The van der Waals surface area contributed by atoms with Crippen LogP contribution in [0.2, 0.25) is 0 Å². The van der Waals surface area contributed by atoms with Crippen molar-refractivity contribution in [1.29, 1.82) is 0 Å². The molecule has 11 heteroatoms. The van der Waals surface area contributed by atoms with Gasteiger partial charge in [-0.15, -0.1) is 0 Å². The van der Waals surface area contributed by atoms with Crippen molar-refractivity contribution in [3.8, 4) is 28.5 Å². The predicted molar refractivity (Wildman–Crippen MR) is 151 cm³/mol. The van der Waals surface area contributed by atoms with E-state index in [1.807, 2.05) is 36.9 Å². The summed E-state index contributed by atoms with van der Waals surface area (Å²) in [6.45, 7) is 7.87. The topological polar surface area (TPSA) is 115 Å². The molecule has 7 rings (SSSR count). The monoisotopic (exact) mass is 524 g/mol. The third kappa shape index (κ3) is 4.79. The minimum atomic E-state index is 0.653. The highest BCUT2D eigenvalue weighted by Crippen LogP contribution is 2.32. The minimum absolute atomic E-state index is 0.653. The van der Waals surface area contributed by atoms with Crippen LogP contribution in [0.1, 0.15) is 12.8 Å². The number of piperazine rings is 1. The molecule has 0 bridgehead atoms. The Hall–Kier alpha value is -4.09. The van der Waals surface area contributed by atoms with E-state index in [0.29, 0.717) is 12.4 Å². The summed E-state index contributed by atoms with van der Waals surface area (Å²) in [6.07, 6.45) is 11.7. The average Bonchev–Trinajstić information content (AvgIpc) is 3.73. The number of aromatic amines is 2. The highest BCUT2D eigenvalue weighted by Gasteiger charge is 2.21. The number of imidazole rings is 1. The Morgan fingerprint density at radius 2 is 1.74 bits per heavy atom. The number of pyridine rings is 3. The first-order valence-corrected chi connectivity index (χ1v) is 13.6. The Balaban J connectivity index is 1.17. The van der Waals surface area contributed by atoms with Crippen LogP contribution in [0.4, 0.5) is 5.69 Å². The molecular weight excluding hydrogens is 492 g/mol. The van der Waals surface area contributed by atoms with Gasteiger partial charge in [0, 0.05) is 49.9 Å². The Bertz CT molecular complexity index is 1600. The first kappa shape index (κ1) is 24.0. The first-order chi connectivity index (χ1) is 19.2. The van der Waals surface area contributed by atoms with Crippen molar-refractivity contribution in [2.24, 2.45) is 0 Å². The molecule has 0 amide bonds. The molecule has 2 aliphatic heterocycles. The number of nitrogens with zero attached hydrogens (tertiary/aromatic N) is 8. The summed E-state index contributed by atoms with van der Waals surface area (Å²) in [7, 11) is 2.16. The van der Waals surface area contributed by atoms with Crippen LogP contribution >= 0.6 is 0 Å². The normalized spacial score (nSPS) is 17.0. The molecule has 0 radical (unpaired) electrons. The van der Waals surface area contributed by atoms with Gasteiger partial charge in [0.05, 0.1) is 47.2 Å². The number of hydrogen-bond donors (Lipinski definition) is 2. The van der Waals surface area contributed by atoms with E-state index in [1.54, 1.807) is 6.20 Å². The molecule has 11 nitrogen and oxygen atoms in total. The number of H-pyrrole nitrogens is 2. The summed E-state index contributed by atoms with van der Waals surface area (Å²) >= 11 is 0. The number of rotatable bonds is 7. The second kappa shape index (κ2) is 10.2. The van der Waals surface area contributed by atoms with Gasteiger partial charge in [0.25, 0.3) is 0 Å². The predicted octanol–water partition coefficient (Wildman–Crippen LogP) is 3.18. The fraction of sp³-hybridized carbons (Fsp3) is 0.393. The lowest BCUT2D eigenvalue weighted by atomic mass is 10.1. The van der Waals surface area contributed by atoms with Crippen molar-refractivity contribution in [2.45, 2.75) is 12.8 Å². The maximum atomic E-state index is 6.02. The van der Waals surface area contributed by atoms with Crippen LogP contribution in [-0.2, 0) is 0 Å².